The Labute approximate surface area is 91.4 Å². The number of anilines is 1. The maximum absolute atomic E-state index is 11.4. The Bertz CT molecular complexity index is 362. The van der Waals surface area contributed by atoms with Crippen LogP contribution in [0, 0.1) is 13.8 Å². The van der Waals surface area contributed by atoms with Crippen molar-refractivity contribution in [1.82, 2.24) is 0 Å². The van der Waals surface area contributed by atoms with Crippen molar-refractivity contribution >= 4 is 27.6 Å². The predicted octanol–water partition coefficient (Wildman–Crippen LogP) is 2.43. The second-order valence-electron chi connectivity index (χ2n) is 3.10. The van der Waals surface area contributed by atoms with Crippen molar-refractivity contribution in [1.29, 1.82) is 0 Å². The molecule has 0 amide bonds. The van der Waals surface area contributed by atoms with Crippen LogP contribution < -0.4 is 5.73 Å². The van der Waals surface area contributed by atoms with Crippen LogP contribution in [-0.4, -0.2) is 13.1 Å². The van der Waals surface area contributed by atoms with Crippen molar-refractivity contribution in [3.05, 3.63) is 27.2 Å². The molecule has 0 saturated carbocycles. The molecule has 1 rings (SSSR count). The zero-order valence-electron chi connectivity index (χ0n) is 8.35. The van der Waals surface area contributed by atoms with Gasteiger partial charge in [-0.05, 0) is 40.9 Å². The average Bonchev–Trinajstić information content (AvgIpc) is 2.15. The summed E-state index contributed by atoms with van der Waals surface area (Å²) in [5.41, 5.74) is 8.52. The molecular weight excluding hydrogens is 246 g/mol. The van der Waals surface area contributed by atoms with Crippen LogP contribution in [0.1, 0.15) is 21.5 Å². The fraction of sp³-hybridized carbons (Fsp3) is 0.300. The summed E-state index contributed by atoms with van der Waals surface area (Å²) in [7, 11) is 1.34. The zero-order chi connectivity index (χ0) is 10.9. The zero-order valence-corrected chi connectivity index (χ0v) is 9.94. The lowest BCUT2D eigenvalue weighted by molar-refractivity contribution is 0.0600. The number of benzene rings is 1. The summed E-state index contributed by atoms with van der Waals surface area (Å²) in [6.07, 6.45) is 0. The number of rotatable bonds is 1. The monoisotopic (exact) mass is 257 g/mol. The number of carbonyl (C=O) groups is 1. The quantitative estimate of drug-likeness (QED) is 0.621. The van der Waals surface area contributed by atoms with Crippen LogP contribution >= 0.6 is 15.9 Å². The molecule has 3 nitrogen and oxygen atoms in total. The van der Waals surface area contributed by atoms with E-state index in [1.165, 1.54) is 7.11 Å². The summed E-state index contributed by atoms with van der Waals surface area (Å²) in [6.45, 7) is 3.77. The smallest absolute Gasteiger partial charge is 0.341 e. The molecule has 0 aliphatic heterocycles. The normalized spacial score (nSPS) is 10.0. The minimum atomic E-state index is -0.416. The van der Waals surface area contributed by atoms with E-state index in [0.717, 1.165) is 11.1 Å². The largest absolute Gasteiger partial charge is 0.465 e. The highest BCUT2D eigenvalue weighted by atomic mass is 79.9. The van der Waals surface area contributed by atoms with Gasteiger partial charge in [0.15, 0.2) is 0 Å². The van der Waals surface area contributed by atoms with Gasteiger partial charge in [0.05, 0.1) is 18.4 Å². The van der Waals surface area contributed by atoms with Crippen molar-refractivity contribution in [2.75, 3.05) is 12.8 Å². The molecule has 0 bridgehead atoms. The van der Waals surface area contributed by atoms with Crippen LogP contribution in [-0.2, 0) is 4.74 Å². The van der Waals surface area contributed by atoms with E-state index in [2.05, 4.69) is 20.7 Å². The molecule has 0 aromatic heterocycles. The van der Waals surface area contributed by atoms with E-state index in [-0.39, 0.29) is 0 Å². The van der Waals surface area contributed by atoms with Crippen LogP contribution in [0.25, 0.3) is 0 Å². The first-order chi connectivity index (χ1) is 6.49. The van der Waals surface area contributed by atoms with Crippen LogP contribution in [0.3, 0.4) is 0 Å². The van der Waals surface area contributed by atoms with Gasteiger partial charge in [0.2, 0.25) is 0 Å². The molecule has 0 spiro atoms. The van der Waals surface area contributed by atoms with Gasteiger partial charge < -0.3 is 10.5 Å². The van der Waals surface area contributed by atoms with Gasteiger partial charge in [-0.1, -0.05) is 6.07 Å². The van der Waals surface area contributed by atoms with Gasteiger partial charge in [-0.3, -0.25) is 0 Å². The third-order valence-electron chi connectivity index (χ3n) is 2.08. The number of hydrogen-bond acceptors (Lipinski definition) is 3. The summed E-state index contributed by atoms with van der Waals surface area (Å²) in [5, 5.41) is 0. The van der Waals surface area contributed by atoms with Crippen molar-refractivity contribution in [2.24, 2.45) is 0 Å². The molecule has 0 fully saturated rings. The molecule has 0 aliphatic carbocycles. The molecule has 2 N–H and O–H groups in total. The molecule has 0 atom stereocenters. The van der Waals surface area contributed by atoms with Crippen LogP contribution in [0.4, 0.5) is 5.69 Å². The minimum absolute atomic E-state index is 0.407. The van der Waals surface area contributed by atoms with E-state index < -0.39 is 5.97 Å². The first-order valence-corrected chi connectivity index (χ1v) is 4.91. The van der Waals surface area contributed by atoms with Crippen molar-refractivity contribution in [3.8, 4) is 0 Å². The lowest BCUT2D eigenvalue weighted by Crippen LogP contribution is -2.09. The van der Waals surface area contributed by atoms with Crippen LogP contribution in [0.2, 0.25) is 0 Å². The van der Waals surface area contributed by atoms with Crippen LogP contribution in [0.5, 0.6) is 0 Å². The van der Waals surface area contributed by atoms with Crippen LogP contribution in [0.15, 0.2) is 10.5 Å². The summed E-state index contributed by atoms with van der Waals surface area (Å²) < 4.78 is 5.36. The van der Waals surface area contributed by atoms with Crippen molar-refractivity contribution in [3.63, 3.8) is 0 Å². The maximum Gasteiger partial charge on any atom is 0.341 e. The third kappa shape index (κ3) is 1.75. The maximum atomic E-state index is 11.4. The highest BCUT2D eigenvalue weighted by Crippen LogP contribution is 2.29. The van der Waals surface area contributed by atoms with Gasteiger partial charge in [0.1, 0.15) is 0 Å². The predicted molar refractivity (Wildman–Crippen MR) is 59.4 cm³/mol. The number of halogens is 1. The van der Waals surface area contributed by atoms with E-state index in [9.17, 15) is 4.79 Å². The molecule has 0 saturated heterocycles. The molecular formula is C10H12BrNO2. The van der Waals surface area contributed by atoms with Gasteiger partial charge in [0, 0.05) is 4.47 Å². The van der Waals surface area contributed by atoms with Gasteiger partial charge in [0.25, 0.3) is 0 Å². The Kier molecular flexibility index (Phi) is 3.16. The number of aryl methyl sites for hydroxylation is 2. The van der Waals surface area contributed by atoms with E-state index in [1.807, 2.05) is 19.9 Å². The molecule has 0 heterocycles. The number of methoxy groups -OCH3 is 1. The lowest BCUT2D eigenvalue weighted by atomic mass is 10.0. The van der Waals surface area contributed by atoms with Crippen molar-refractivity contribution < 1.29 is 9.53 Å². The fourth-order valence-corrected chi connectivity index (χ4v) is 1.77. The lowest BCUT2D eigenvalue weighted by Gasteiger charge is -2.11. The number of esters is 1. The molecule has 4 heteroatoms. The average molecular weight is 258 g/mol. The van der Waals surface area contributed by atoms with E-state index in [1.54, 1.807) is 0 Å². The Hall–Kier alpha value is -1.03. The van der Waals surface area contributed by atoms with E-state index >= 15 is 0 Å². The number of nitrogens with two attached hydrogens (primary N) is 1. The minimum Gasteiger partial charge on any atom is -0.465 e. The summed E-state index contributed by atoms with van der Waals surface area (Å²) in [6, 6.07) is 1.92. The first kappa shape index (κ1) is 11.0. The molecule has 76 valence electrons. The molecule has 0 unspecified atom stereocenters. The second kappa shape index (κ2) is 4.00. The highest BCUT2D eigenvalue weighted by Gasteiger charge is 2.17. The van der Waals surface area contributed by atoms with Gasteiger partial charge in [-0.2, -0.15) is 0 Å². The Morgan fingerprint density at radius 2 is 2.00 bits per heavy atom. The summed E-state index contributed by atoms with van der Waals surface area (Å²) in [4.78, 5) is 11.4. The molecule has 0 radical (unpaired) electrons. The van der Waals surface area contributed by atoms with Gasteiger partial charge in [-0.25, -0.2) is 4.79 Å². The van der Waals surface area contributed by atoms with E-state index in [4.69, 9.17) is 5.73 Å². The first-order valence-electron chi connectivity index (χ1n) is 4.12. The highest BCUT2D eigenvalue weighted by molar-refractivity contribution is 9.10. The molecule has 1 aromatic rings. The summed E-state index contributed by atoms with van der Waals surface area (Å²) >= 11 is 3.33. The topological polar surface area (TPSA) is 52.3 Å². The molecule has 1 aromatic carbocycles. The van der Waals surface area contributed by atoms with E-state index in [0.29, 0.717) is 15.7 Å². The Morgan fingerprint density at radius 3 is 2.50 bits per heavy atom. The number of ether oxygens (including phenoxy) is 1. The molecule has 0 aliphatic rings. The fourth-order valence-electron chi connectivity index (χ4n) is 1.28. The number of hydrogen-bond donors (Lipinski definition) is 1. The summed E-state index contributed by atoms with van der Waals surface area (Å²) in [5.74, 6) is -0.416. The SMILES string of the molecule is COC(=O)c1c(N)c(C)cc(C)c1Br. The Balaban J connectivity index is 3.47. The third-order valence-corrected chi connectivity index (χ3v) is 3.10. The Morgan fingerprint density at radius 1 is 1.43 bits per heavy atom. The standard InChI is InChI=1S/C10H12BrNO2/c1-5-4-6(2)9(12)7(8(5)11)10(13)14-3/h4H,12H2,1-3H3. The van der Waals surface area contributed by atoms with Crippen molar-refractivity contribution in [2.45, 2.75) is 13.8 Å². The number of nitrogen functional groups attached to an aromatic ring is 1. The molecule has 14 heavy (non-hydrogen) atoms. The van der Waals surface area contributed by atoms with Gasteiger partial charge >= 0.3 is 5.97 Å². The second-order valence-corrected chi connectivity index (χ2v) is 3.90. The number of carbonyl (C=O) groups excluding carboxylic acids is 1. The van der Waals surface area contributed by atoms with Gasteiger partial charge in [-0.15, -0.1) is 0 Å².